The van der Waals surface area contributed by atoms with Crippen molar-refractivity contribution in [1.29, 1.82) is 0 Å². The van der Waals surface area contributed by atoms with E-state index in [2.05, 4.69) is 11.8 Å². The first kappa shape index (κ1) is 32.1. The van der Waals surface area contributed by atoms with Gasteiger partial charge in [0, 0.05) is 12.1 Å². The van der Waals surface area contributed by atoms with Crippen molar-refractivity contribution in [2.75, 3.05) is 0 Å². The Morgan fingerprint density at radius 1 is 0.911 bits per heavy atom. The summed E-state index contributed by atoms with van der Waals surface area (Å²) < 4.78 is 5.87. The third kappa shape index (κ3) is 6.80. The molecule has 0 bridgehead atoms. The molecule has 8 nitrogen and oxygen atoms in total. The van der Waals surface area contributed by atoms with Crippen LogP contribution in [0.3, 0.4) is 0 Å². The minimum absolute atomic E-state index is 0.0408. The Hall–Kier alpha value is -2.90. The summed E-state index contributed by atoms with van der Waals surface area (Å²) in [4.78, 5) is 54.3. The van der Waals surface area contributed by atoms with Gasteiger partial charge >= 0.3 is 5.97 Å². The van der Waals surface area contributed by atoms with E-state index >= 15 is 0 Å². The second kappa shape index (κ2) is 14.7. The highest BCUT2D eigenvalue weighted by Gasteiger charge is 2.54. The molecule has 45 heavy (non-hydrogen) atoms. The van der Waals surface area contributed by atoms with Crippen LogP contribution in [0.5, 0.6) is 0 Å². The summed E-state index contributed by atoms with van der Waals surface area (Å²) in [7, 11) is 0. The van der Waals surface area contributed by atoms with Crippen LogP contribution in [0.25, 0.3) is 0 Å². The van der Waals surface area contributed by atoms with Crippen LogP contribution >= 0.6 is 0 Å². The van der Waals surface area contributed by atoms with Crippen molar-refractivity contribution < 1.29 is 19.1 Å². The van der Waals surface area contributed by atoms with Crippen LogP contribution in [0, 0.1) is 5.92 Å². The topological polar surface area (TPSA) is 82.5 Å². The van der Waals surface area contributed by atoms with Gasteiger partial charge in [-0.2, -0.15) is 0 Å². The normalized spacial score (nSPS) is 29.7. The maximum absolute atomic E-state index is 14.8. The van der Waals surface area contributed by atoms with Gasteiger partial charge in [-0.1, -0.05) is 95.0 Å². The number of amides is 2. The molecule has 3 saturated carbocycles. The number of hydrogen-bond donors (Lipinski definition) is 0. The van der Waals surface area contributed by atoms with Crippen molar-refractivity contribution in [2.24, 2.45) is 10.9 Å². The molecule has 3 aliphatic carbocycles. The monoisotopic (exact) mass is 618 g/mol. The highest BCUT2D eigenvalue weighted by molar-refractivity contribution is 6.08. The first-order valence-electron chi connectivity index (χ1n) is 18.2. The summed E-state index contributed by atoms with van der Waals surface area (Å²) in [5.74, 6) is 0.803. The van der Waals surface area contributed by atoms with Crippen molar-refractivity contribution >= 4 is 23.7 Å². The van der Waals surface area contributed by atoms with Gasteiger partial charge in [-0.05, 0) is 69.8 Å². The van der Waals surface area contributed by atoms with Crippen molar-refractivity contribution in [3.8, 4) is 0 Å². The van der Waals surface area contributed by atoms with Crippen LogP contribution in [0.1, 0.15) is 129 Å². The van der Waals surface area contributed by atoms with E-state index in [1.807, 2.05) is 47.1 Å². The Labute approximate surface area is 269 Å². The average molecular weight is 619 g/mol. The molecule has 5 atom stereocenters. The van der Waals surface area contributed by atoms with Crippen LogP contribution in [-0.4, -0.2) is 74.7 Å². The molecule has 2 heterocycles. The lowest BCUT2D eigenvalue weighted by Crippen LogP contribution is -2.56. The van der Waals surface area contributed by atoms with Gasteiger partial charge in [-0.15, -0.1) is 0 Å². The van der Waals surface area contributed by atoms with E-state index < -0.39 is 18.1 Å². The maximum atomic E-state index is 14.8. The molecule has 2 amide bonds. The molecule has 5 fully saturated rings. The summed E-state index contributed by atoms with van der Waals surface area (Å²) in [5.41, 5.74) is 0.942. The number of carbonyl (C=O) groups is 3. The van der Waals surface area contributed by atoms with Gasteiger partial charge in [-0.25, -0.2) is 9.79 Å². The van der Waals surface area contributed by atoms with Crippen LogP contribution in [-0.2, 0) is 25.7 Å². The summed E-state index contributed by atoms with van der Waals surface area (Å²) >= 11 is 0. The van der Waals surface area contributed by atoms with Gasteiger partial charge in [-0.3, -0.25) is 14.5 Å². The van der Waals surface area contributed by atoms with Crippen LogP contribution in [0.4, 0.5) is 0 Å². The number of likely N-dealkylation sites (tertiary alicyclic amines) is 1. The van der Waals surface area contributed by atoms with Crippen LogP contribution in [0.2, 0.25) is 0 Å². The summed E-state index contributed by atoms with van der Waals surface area (Å²) in [6.07, 6.45) is 17.5. The molecule has 6 rings (SSSR count). The van der Waals surface area contributed by atoms with Crippen molar-refractivity contribution in [1.82, 2.24) is 14.7 Å². The SMILES string of the molecule is CCCC1C(=O)N(C2CCCCC2)/C(=N\C2CCCCC2)N1[C@@H](C)C(=O)N1[C@H](C(=O)OCc2ccccc2)C[C@@H]2CCCC[C@@H]21. The Bertz CT molecular complexity index is 1210. The summed E-state index contributed by atoms with van der Waals surface area (Å²) in [5, 5.41) is 0. The Kier molecular flexibility index (Phi) is 10.5. The number of rotatable bonds is 9. The Morgan fingerprint density at radius 3 is 2.29 bits per heavy atom. The molecular formula is C37H54N4O4. The molecule has 246 valence electrons. The largest absolute Gasteiger partial charge is 0.459 e. The number of hydrogen-bond acceptors (Lipinski definition) is 5. The lowest BCUT2D eigenvalue weighted by molar-refractivity contribution is -0.157. The zero-order valence-electron chi connectivity index (χ0n) is 27.6. The number of esters is 1. The molecule has 2 aliphatic heterocycles. The van der Waals surface area contributed by atoms with Gasteiger partial charge in [0.05, 0.1) is 6.04 Å². The standard InChI is InChI=1S/C37H54N4O4/c1-3-15-32-35(43)40(30-21-11-6-12-22-30)37(38-29-19-9-5-10-20-29)39(32)26(2)34(42)41-31-23-14-13-18-28(31)24-33(41)36(44)45-25-27-16-7-4-8-17-27/h4,7-8,16-17,26,28-33H,3,5-6,9-15,18-25H2,1-2H3/b38-37-/t26-,28-,31-,32?,33-/m0/s1. The first-order chi connectivity index (χ1) is 22.0. The van der Waals surface area contributed by atoms with E-state index in [9.17, 15) is 14.4 Å². The van der Waals surface area contributed by atoms with Crippen molar-refractivity contribution in [3.63, 3.8) is 0 Å². The minimum atomic E-state index is -0.591. The third-order valence-corrected chi connectivity index (χ3v) is 11.3. The summed E-state index contributed by atoms with van der Waals surface area (Å²) in [6, 6.07) is 8.54. The molecule has 8 heteroatoms. The molecular weight excluding hydrogens is 564 g/mol. The number of ether oxygens (including phenoxy) is 1. The number of carbonyl (C=O) groups excluding carboxylic acids is 3. The van der Waals surface area contributed by atoms with Gasteiger partial charge in [0.1, 0.15) is 24.7 Å². The zero-order valence-corrected chi connectivity index (χ0v) is 27.6. The van der Waals surface area contributed by atoms with Gasteiger partial charge in [0.2, 0.25) is 11.9 Å². The molecule has 1 aromatic rings. The van der Waals surface area contributed by atoms with Crippen LogP contribution < -0.4 is 0 Å². The molecule has 5 aliphatic rings. The number of aliphatic imine (C=N–C) groups is 1. The Balaban J connectivity index is 1.31. The predicted molar refractivity (Wildman–Crippen MR) is 175 cm³/mol. The second-order valence-electron chi connectivity index (χ2n) is 14.3. The summed E-state index contributed by atoms with van der Waals surface area (Å²) in [6.45, 7) is 4.28. The fourth-order valence-electron chi connectivity index (χ4n) is 8.95. The number of nitrogens with zero attached hydrogens (tertiary/aromatic N) is 4. The lowest BCUT2D eigenvalue weighted by atomic mass is 9.84. The number of benzene rings is 1. The van der Waals surface area contributed by atoms with Crippen molar-refractivity contribution in [3.05, 3.63) is 35.9 Å². The zero-order chi connectivity index (χ0) is 31.3. The maximum Gasteiger partial charge on any atom is 0.329 e. The van der Waals surface area contributed by atoms with E-state index in [4.69, 9.17) is 9.73 Å². The van der Waals surface area contributed by atoms with E-state index in [0.29, 0.717) is 18.8 Å². The molecule has 2 saturated heterocycles. The van der Waals surface area contributed by atoms with Crippen molar-refractivity contribution in [2.45, 2.75) is 166 Å². The fraction of sp³-hybridized carbons (Fsp3) is 0.730. The average Bonchev–Trinajstić information content (AvgIpc) is 3.59. The quantitative estimate of drug-likeness (QED) is 0.291. The van der Waals surface area contributed by atoms with Gasteiger partial charge in [0.25, 0.3) is 5.91 Å². The van der Waals surface area contributed by atoms with E-state index in [0.717, 1.165) is 95.0 Å². The molecule has 1 aromatic carbocycles. The van der Waals surface area contributed by atoms with Gasteiger partial charge in [0.15, 0.2) is 0 Å². The molecule has 0 N–H and O–H groups in total. The molecule has 0 aromatic heterocycles. The highest BCUT2D eigenvalue weighted by atomic mass is 16.5. The Morgan fingerprint density at radius 2 is 1.58 bits per heavy atom. The lowest BCUT2D eigenvalue weighted by Gasteiger charge is -2.39. The number of guanidine groups is 1. The first-order valence-corrected chi connectivity index (χ1v) is 18.2. The van der Waals surface area contributed by atoms with Crippen LogP contribution in [0.15, 0.2) is 35.3 Å². The van der Waals surface area contributed by atoms with E-state index in [-0.39, 0.29) is 42.5 Å². The fourth-order valence-corrected chi connectivity index (χ4v) is 8.95. The van der Waals surface area contributed by atoms with E-state index in [1.54, 1.807) is 0 Å². The highest BCUT2D eigenvalue weighted by Crippen LogP contribution is 2.42. The predicted octanol–water partition coefficient (Wildman–Crippen LogP) is 6.61. The second-order valence-corrected chi connectivity index (χ2v) is 14.3. The number of fused-ring (bicyclic) bond motifs is 1. The minimum Gasteiger partial charge on any atom is -0.459 e. The molecule has 0 spiro atoms. The van der Waals surface area contributed by atoms with Gasteiger partial charge < -0.3 is 14.5 Å². The van der Waals surface area contributed by atoms with E-state index in [1.165, 1.54) is 12.8 Å². The smallest absolute Gasteiger partial charge is 0.329 e. The molecule has 1 unspecified atom stereocenters. The molecule has 0 radical (unpaired) electrons. The third-order valence-electron chi connectivity index (χ3n) is 11.3.